The molecule has 0 bridgehead atoms. The van der Waals surface area contributed by atoms with E-state index in [9.17, 15) is 39.9 Å². The van der Waals surface area contributed by atoms with E-state index in [2.05, 4.69) is 10.3 Å². The summed E-state index contributed by atoms with van der Waals surface area (Å²) in [6, 6.07) is 11.0. The number of hydrogen-bond acceptors (Lipinski definition) is 15. The average molecular weight is 932 g/mol. The monoisotopic (exact) mass is 932 g/mol. The molecule has 1 aromatic heterocycles. The van der Waals surface area contributed by atoms with Gasteiger partial charge in [-0.05, 0) is 97.8 Å². The molecule has 0 aliphatic carbocycles. The number of rotatable bonds is 12. The third kappa shape index (κ3) is 12.3. The SMILES string of the molecule is COC1(C)CC(O[C@H]2[C@H](C)[C@@H](OC3OC(C)CC(N(C)C)C3O)[C@](C)(O)C[C@@H](C)C(=O)[C@H](C)[C@@H](O)[C@](C)(O)[C@@H](CCNC(=O)Cc3cccc(-c4ccc[nH]4)c3)OC(=O)[C@@H]2C)OC(C)C1O. The van der Waals surface area contributed by atoms with Crippen LogP contribution in [-0.2, 0) is 49.2 Å². The highest BCUT2D eigenvalue weighted by Crippen LogP contribution is 2.41. The normalized spacial score (nSPS) is 41.0. The number of carbonyl (C=O) groups is 3. The highest BCUT2D eigenvalue weighted by Gasteiger charge is 2.53. The van der Waals surface area contributed by atoms with E-state index in [1.807, 2.05) is 68.5 Å². The number of methoxy groups -OCH3 is 1. The number of amides is 1. The van der Waals surface area contributed by atoms with Crippen LogP contribution in [0.2, 0.25) is 0 Å². The van der Waals surface area contributed by atoms with Gasteiger partial charge in [-0.1, -0.05) is 39.0 Å². The molecule has 5 rings (SSSR count). The molecule has 0 spiro atoms. The van der Waals surface area contributed by atoms with Gasteiger partial charge >= 0.3 is 5.97 Å². The Hall–Kier alpha value is -3.33. The van der Waals surface area contributed by atoms with Crippen LogP contribution < -0.4 is 5.32 Å². The summed E-state index contributed by atoms with van der Waals surface area (Å²) in [5.41, 5.74) is -2.62. The van der Waals surface area contributed by atoms with Crippen LogP contribution in [0.25, 0.3) is 11.3 Å². The first-order valence-electron chi connectivity index (χ1n) is 23.4. The number of H-pyrrole nitrogens is 1. The highest BCUT2D eigenvalue weighted by atomic mass is 16.7. The summed E-state index contributed by atoms with van der Waals surface area (Å²) in [4.78, 5) is 47.3. The lowest BCUT2D eigenvalue weighted by molar-refractivity contribution is -0.318. The van der Waals surface area contributed by atoms with Crippen LogP contribution in [0.3, 0.4) is 0 Å². The van der Waals surface area contributed by atoms with Gasteiger partial charge in [0.1, 0.15) is 29.7 Å². The number of aromatic nitrogens is 1. The number of aromatic amines is 1. The molecule has 0 saturated carbocycles. The van der Waals surface area contributed by atoms with Crippen molar-refractivity contribution in [3.8, 4) is 11.3 Å². The first-order valence-corrected chi connectivity index (χ1v) is 23.4. The Kier molecular flexibility index (Phi) is 17.8. The maximum atomic E-state index is 14.7. The fourth-order valence-corrected chi connectivity index (χ4v) is 10.2. The molecule has 3 aliphatic rings. The molecule has 2 aromatic rings. The number of nitrogens with zero attached hydrogens (tertiary/aromatic N) is 1. The van der Waals surface area contributed by atoms with E-state index in [0.29, 0.717) is 6.42 Å². The number of esters is 1. The van der Waals surface area contributed by atoms with Gasteiger partial charge in [0, 0.05) is 62.2 Å². The number of Topliss-reactive ketones (excluding diaryl/α,β-unsaturated/α-hetero) is 1. The third-order valence-electron chi connectivity index (χ3n) is 14.4. The number of aliphatic hydroxyl groups is 5. The van der Waals surface area contributed by atoms with Gasteiger partial charge in [-0.15, -0.1) is 0 Å². The first-order chi connectivity index (χ1) is 30.8. The highest BCUT2D eigenvalue weighted by molar-refractivity contribution is 5.83. The van der Waals surface area contributed by atoms with E-state index in [4.69, 9.17) is 28.4 Å². The molecule has 18 atom stereocenters. The van der Waals surface area contributed by atoms with Crippen molar-refractivity contribution in [2.24, 2.45) is 23.7 Å². The largest absolute Gasteiger partial charge is 0.459 e. The standard InChI is InChI=1S/C49H77N3O14/c1-26-24-47(7,59)44(66-46-40(55)35(52(10)11)21-27(2)62-46)29(4)41(65-38-25-48(8,61-12)43(57)31(6)63-38)30(5)45(58)64-36(49(9,60)42(56)28(3)39(26)54)18-20-51-37(53)23-32-15-13-16-33(22-32)34-17-14-19-50-34/h13-17,19,22,26-31,35-36,38,40-44,46,50,55-57,59-60H,18,20-21,23-25H2,1-12H3,(H,51,53)/t26-,27?,28+,29+,30-,31?,35?,36-,38?,40?,41+,42-,43?,44-,46?,47-,48?,49-/m1/s1. The molecule has 4 heterocycles. The number of aliphatic hydroxyl groups excluding tert-OH is 3. The topological polar surface area (TPSA) is 239 Å². The lowest BCUT2D eigenvalue weighted by Crippen LogP contribution is -2.61. The summed E-state index contributed by atoms with van der Waals surface area (Å²) in [7, 11) is 5.14. The van der Waals surface area contributed by atoms with Crippen molar-refractivity contribution < 1.29 is 68.3 Å². The lowest BCUT2D eigenvalue weighted by Gasteiger charge is -2.49. The van der Waals surface area contributed by atoms with Crippen molar-refractivity contribution >= 4 is 17.7 Å². The molecule has 66 heavy (non-hydrogen) atoms. The van der Waals surface area contributed by atoms with E-state index in [1.54, 1.807) is 34.6 Å². The summed E-state index contributed by atoms with van der Waals surface area (Å²) < 4.78 is 37.7. The molecule has 3 fully saturated rings. The van der Waals surface area contributed by atoms with Crippen LogP contribution in [0.4, 0.5) is 0 Å². The molecule has 1 amide bonds. The number of likely N-dealkylation sites (N-methyl/N-ethyl adjacent to an activating group) is 1. The number of ether oxygens (including phenoxy) is 6. The smallest absolute Gasteiger partial charge is 0.311 e. The van der Waals surface area contributed by atoms with Gasteiger partial charge in [-0.25, -0.2) is 0 Å². The molecule has 17 heteroatoms. The maximum absolute atomic E-state index is 14.7. The number of carbonyl (C=O) groups excluding carboxylic acids is 3. The zero-order valence-corrected chi connectivity index (χ0v) is 40.8. The second-order valence-electron chi connectivity index (χ2n) is 20.2. The van der Waals surface area contributed by atoms with Crippen molar-refractivity contribution in [2.45, 2.75) is 179 Å². The van der Waals surface area contributed by atoms with Crippen LogP contribution in [0, 0.1) is 23.7 Å². The van der Waals surface area contributed by atoms with Crippen LogP contribution in [0.1, 0.15) is 93.6 Å². The number of cyclic esters (lactones) is 1. The van der Waals surface area contributed by atoms with Gasteiger partial charge in [0.25, 0.3) is 0 Å². The summed E-state index contributed by atoms with van der Waals surface area (Å²) in [6.45, 7) is 14.3. The second kappa shape index (κ2) is 22.0. The van der Waals surface area contributed by atoms with E-state index in [1.165, 1.54) is 27.9 Å². The van der Waals surface area contributed by atoms with Crippen molar-refractivity contribution in [2.75, 3.05) is 27.7 Å². The number of nitrogens with one attached hydrogen (secondary N) is 2. The Balaban J connectivity index is 1.50. The van der Waals surface area contributed by atoms with Gasteiger partial charge in [-0.3, -0.25) is 14.4 Å². The van der Waals surface area contributed by atoms with Crippen LogP contribution in [0.15, 0.2) is 42.6 Å². The number of ketones is 1. The minimum atomic E-state index is -2.22. The molecule has 372 valence electrons. The summed E-state index contributed by atoms with van der Waals surface area (Å²) in [6.07, 6.45) is -9.23. The predicted molar refractivity (Wildman–Crippen MR) is 244 cm³/mol. The molecule has 1 aromatic carbocycles. The van der Waals surface area contributed by atoms with E-state index in [-0.39, 0.29) is 50.3 Å². The summed E-state index contributed by atoms with van der Waals surface area (Å²) >= 11 is 0. The molecule has 3 saturated heterocycles. The molecule has 3 aliphatic heterocycles. The van der Waals surface area contributed by atoms with Gasteiger partial charge < -0.3 is 69.2 Å². The first kappa shape index (κ1) is 53.6. The Bertz CT molecular complexity index is 1910. The van der Waals surface area contributed by atoms with Crippen LogP contribution >= 0.6 is 0 Å². The molecule has 8 unspecified atom stereocenters. The summed E-state index contributed by atoms with van der Waals surface area (Å²) in [5.74, 6) is -5.92. The zero-order chi connectivity index (χ0) is 49.1. The van der Waals surface area contributed by atoms with Gasteiger partial charge in [-0.2, -0.15) is 0 Å². The van der Waals surface area contributed by atoms with Gasteiger partial charge in [0.15, 0.2) is 12.6 Å². The Labute approximate surface area is 389 Å². The zero-order valence-electron chi connectivity index (χ0n) is 40.8. The fraction of sp³-hybridized carbons (Fsp3) is 0.735. The van der Waals surface area contributed by atoms with E-state index >= 15 is 0 Å². The Morgan fingerprint density at radius 2 is 1.62 bits per heavy atom. The number of benzene rings is 1. The van der Waals surface area contributed by atoms with Crippen molar-refractivity contribution in [3.05, 3.63) is 48.2 Å². The van der Waals surface area contributed by atoms with Crippen LogP contribution in [-0.4, -0.2) is 165 Å². The van der Waals surface area contributed by atoms with Crippen molar-refractivity contribution in [1.29, 1.82) is 0 Å². The van der Waals surface area contributed by atoms with E-state index in [0.717, 1.165) is 16.8 Å². The average Bonchev–Trinajstić information content (AvgIpc) is 3.81. The predicted octanol–water partition coefficient (Wildman–Crippen LogP) is 3.12. The van der Waals surface area contributed by atoms with Crippen LogP contribution in [0.5, 0.6) is 0 Å². The molecule has 7 N–H and O–H groups in total. The minimum absolute atomic E-state index is 0.0390. The second-order valence-corrected chi connectivity index (χ2v) is 20.2. The minimum Gasteiger partial charge on any atom is -0.459 e. The molecular formula is C49H77N3O14. The quantitative estimate of drug-likeness (QED) is 0.152. The molecular weight excluding hydrogens is 855 g/mol. The van der Waals surface area contributed by atoms with E-state index < -0.39 is 108 Å². The Morgan fingerprint density at radius 3 is 2.26 bits per heavy atom. The van der Waals surface area contributed by atoms with Gasteiger partial charge in [0.05, 0.1) is 54.1 Å². The maximum Gasteiger partial charge on any atom is 0.311 e. The Morgan fingerprint density at radius 1 is 0.924 bits per heavy atom. The van der Waals surface area contributed by atoms with Crippen molar-refractivity contribution in [1.82, 2.24) is 15.2 Å². The summed E-state index contributed by atoms with van der Waals surface area (Å²) in [5, 5.41) is 62.1. The van der Waals surface area contributed by atoms with Crippen molar-refractivity contribution in [3.63, 3.8) is 0 Å². The van der Waals surface area contributed by atoms with Gasteiger partial charge in [0.2, 0.25) is 5.91 Å². The lowest BCUT2D eigenvalue weighted by atomic mass is 9.74. The third-order valence-corrected chi connectivity index (χ3v) is 14.4. The molecule has 0 radical (unpaired) electrons. The molecule has 17 nitrogen and oxygen atoms in total. The fourth-order valence-electron chi connectivity index (χ4n) is 10.2. The number of hydrogen-bond donors (Lipinski definition) is 7.